The summed E-state index contributed by atoms with van der Waals surface area (Å²) in [5.74, 6) is 1.70. The van der Waals surface area contributed by atoms with Crippen LogP contribution in [-0.4, -0.2) is 61.5 Å². The summed E-state index contributed by atoms with van der Waals surface area (Å²) in [5.41, 5.74) is 2.10. The highest BCUT2D eigenvalue weighted by molar-refractivity contribution is 7.98. The van der Waals surface area contributed by atoms with Gasteiger partial charge in [0.2, 0.25) is 0 Å². The monoisotopic (exact) mass is 443 g/mol. The number of hydrogen-bond acceptors (Lipinski definition) is 6. The Balaban J connectivity index is 1.39. The summed E-state index contributed by atoms with van der Waals surface area (Å²) in [6.45, 7) is 1.44. The van der Waals surface area contributed by atoms with Crippen LogP contribution in [0.5, 0.6) is 5.75 Å². The molecule has 0 aromatic heterocycles. The fraction of sp³-hybridized carbons (Fsp3) is 0.458. The van der Waals surface area contributed by atoms with Gasteiger partial charge >= 0.3 is 0 Å². The second-order valence-electron chi connectivity index (χ2n) is 7.72. The summed E-state index contributed by atoms with van der Waals surface area (Å²) < 4.78 is 22.9. The largest absolute Gasteiger partial charge is 0.497 e. The van der Waals surface area contributed by atoms with Crippen LogP contribution in [0.2, 0.25) is 0 Å². The molecule has 2 aliphatic rings. The van der Waals surface area contributed by atoms with E-state index in [0.29, 0.717) is 19.8 Å². The quantitative estimate of drug-likeness (QED) is 0.523. The Kier molecular flexibility index (Phi) is 7.50. The fourth-order valence-electron chi connectivity index (χ4n) is 3.89. The molecular weight excluding hydrogens is 414 g/mol. The number of thioether (sulfide) groups is 1. The molecule has 1 amide bonds. The maximum atomic E-state index is 13.4. The van der Waals surface area contributed by atoms with Crippen LogP contribution in [0.1, 0.15) is 23.7 Å². The van der Waals surface area contributed by atoms with E-state index in [1.165, 1.54) is 0 Å². The highest BCUT2D eigenvalue weighted by Gasteiger charge is 2.52. The van der Waals surface area contributed by atoms with Crippen LogP contribution in [0.4, 0.5) is 0 Å². The smallest absolute Gasteiger partial charge is 0.257 e. The molecule has 0 saturated carbocycles. The van der Waals surface area contributed by atoms with Crippen LogP contribution in [-0.2, 0) is 25.6 Å². The number of ether oxygens (including phenoxy) is 4. The molecule has 4 atom stereocenters. The molecule has 0 unspecified atom stereocenters. The average molecular weight is 444 g/mol. The molecule has 0 spiro atoms. The molecule has 2 aromatic rings. The molecule has 4 rings (SSSR count). The maximum Gasteiger partial charge on any atom is 0.257 e. The summed E-state index contributed by atoms with van der Waals surface area (Å²) in [6.07, 6.45) is 1.94. The van der Waals surface area contributed by atoms with Crippen LogP contribution in [0, 0.1) is 0 Å². The second-order valence-corrected chi connectivity index (χ2v) is 8.71. The molecule has 0 radical (unpaired) electrons. The fourth-order valence-corrected chi connectivity index (χ4v) is 4.33. The van der Waals surface area contributed by atoms with Crippen LogP contribution < -0.4 is 4.74 Å². The lowest BCUT2D eigenvalue weighted by Gasteiger charge is -2.27. The molecular formula is C24H29NO5S. The maximum absolute atomic E-state index is 13.4. The van der Waals surface area contributed by atoms with Crippen molar-refractivity contribution in [3.8, 4) is 5.75 Å². The third-order valence-corrected chi connectivity index (χ3v) is 6.25. The SMILES string of the molecule is COc1ccc([C@H]2O[C@@H]2C(=O)N2[C@@H](COCc3ccccc3)CO[C@@H]2CCSC)cc1. The third-order valence-electron chi connectivity index (χ3n) is 5.61. The van der Waals surface area contributed by atoms with E-state index in [4.69, 9.17) is 18.9 Å². The average Bonchev–Trinajstić information content (AvgIpc) is 3.52. The Hall–Kier alpha value is -2.06. The van der Waals surface area contributed by atoms with Gasteiger partial charge in [-0.25, -0.2) is 0 Å². The Morgan fingerprint density at radius 1 is 1.16 bits per heavy atom. The van der Waals surface area contributed by atoms with Gasteiger partial charge in [0.25, 0.3) is 5.91 Å². The van der Waals surface area contributed by atoms with E-state index in [-0.39, 0.29) is 24.3 Å². The van der Waals surface area contributed by atoms with Crippen LogP contribution in [0.25, 0.3) is 0 Å². The van der Waals surface area contributed by atoms with Gasteiger partial charge in [0, 0.05) is 6.42 Å². The molecule has 2 saturated heterocycles. The Labute approximate surface area is 187 Å². The van der Waals surface area contributed by atoms with Crippen molar-refractivity contribution in [2.45, 2.75) is 37.5 Å². The minimum Gasteiger partial charge on any atom is -0.497 e. The zero-order valence-electron chi connectivity index (χ0n) is 17.9. The molecule has 2 heterocycles. The van der Waals surface area contributed by atoms with Gasteiger partial charge in [-0.1, -0.05) is 42.5 Å². The van der Waals surface area contributed by atoms with Crippen molar-refractivity contribution < 1.29 is 23.7 Å². The van der Waals surface area contributed by atoms with Crippen molar-refractivity contribution in [2.24, 2.45) is 0 Å². The van der Waals surface area contributed by atoms with Gasteiger partial charge in [0.1, 0.15) is 18.1 Å². The van der Waals surface area contributed by atoms with Crippen molar-refractivity contribution in [3.63, 3.8) is 0 Å². The predicted octanol–water partition coefficient (Wildman–Crippen LogP) is 3.66. The van der Waals surface area contributed by atoms with E-state index in [1.807, 2.05) is 59.5 Å². The molecule has 166 valence electrons. The molecule has 0 bridgehead atoms. The lowest BCUT2D eigenvalue weighted by Crippen LogP contribution is -2.46. The van der Waals surface area contributed by atoms with E-state index in [0.717, 1.165) is 29.1 Å². The molecule has 0 N–H and O–H groups in total. The van der Waals surface area contributed by atoms with Crippen molar-refractivity contribution in [3.05, 3.63) is 65.7 Å². The van der Waals surface area contributed by atoms with E-state index in [1.54, 1.807) is 18.9 Å². The summed E-state index contributed by atoms with van der Waals surface area (Å²) in [7, 11) is 1.64. The number of amides is 1. The first kappa shape index (κ1) is 22.1. The van der Waals surface area contributed by atoms with Gasteiger partial charge in [-0.3, -0.25) is 4.79 Å². The number of carbonyl (C=O) groups is 1. The van der Waals surface area contributed by atoms with Gasteiger partial charge in [0.05, 0.1) is 33.0 Å². The highest BCUT2D eigenvalue weighted by atomic mass is 32.2. The van der Waals surface area contributed by atoms with Crippen LogP contribution in [0.3, 0.4) is 0 Å². The van der Waals surface area contributed by atoms with Gasteiger partial charge in [-0.2, -0.15) is 11.8 Å². The Bertz CT molecular complexity index is 847. The molecule has 0 aliphatic carbocycles. The minimum atomic E-state index is -0.469. The number of nitrogens with zero attached hydrogens (tertiary/aromatic N) is 1. The first-order valence-electron chi connectivity index (χ1n) is 10.5. The zero-order valence-corrected chi connectivity index (χ0v) is 18.8. The summed E-state index contributed by atoms with van der Waals surface area (Å²) in [4.78, 5) is 15.2. The van der Waals surface area contributed by atoms with E-state index in [2.05, 4.69) is 6.26 Å². The van der Waals surface area contributed by atoms with Crippen LogP contribution in [0.15, 0.2) is 54.6 Å². The number of epoxide rings is 1. The van der Waals surface area contributed by atoms with E-state index in [9.17, 15) is 4.79 Å². The summed E-state index contributed by atoms with van der Waals surface area (Å²) in [6, 6.07) is 17.6. The van der Waals surface area contributed by atoms with Crippen molar-refractivity contribution >= 4 is 17.7 Å². The standard InChI is InChI=1S/C24H29NO5S/c1-27-20-10-8-18(9-11-20)22-23(30-22)24(26)25-19(16-29-21(25)12-13-31-2)15-28-14-17-6-4-3-5-7-17/h3-11,19,21-23H,12-16H2,1-2H3/t19-,21+,22+,23-/m0/s1. The number of hydrogen-bond donors (Lipinski definition) is 0. The Morgan fingerprint density at radius 2 is 1.94 bits per heavy atom. The van der Waals surface area contributed by atoms with Crippen molar-refractivity contribution in [1.82, 2.24) is 4.90 Å². The summed E-state index contributed by atoms with van der Waals surface area (Å²) in [5, 5.41) is 0. The van der Waals surface area contributed by atoms with Gasteiger partial charge < -0.3 is 23.8 Å². The summed E-state index contributed by atoms with van der Waals surface area (Å²) >= 11 is 1.75. The number of benzene rings is 2. The molecule has 2 aliphatic heterocycles. The van der Waals surface area contributed by atoms with Crippen molar-refractivity contribution in [2.75, 3.05) is 32.3 Å². The molecule has 7 heteroatoms. The van der Waals surface area contributed by atoms with Gasteiger partial charge in [0.15, 0.2) is 6.10 Å². The van der Waals surface area contributed by atoms with Gasteiger partial charge in [-0.05, 0) is 35.3 Å². The first-order chi connectivity index (χ1) is 15.2. The number of methoxy groups -OCH3 is 1. The predicted molar refractivity (Wildman–Crippen MR) is 120 cm³/mol. The zero-order chi connectivity index (χ0) is 21.6. The lowest BCUT2D eigenvalue weighted by atomic mass is 10.1. The van der Waals surface area contributed by atoms with Gasteiger partial charge in [-0.15, -0.1) is 0 Å². The molecule has 31 heavy (non-hydrogen) atoms. The molecule has 2 fully saturated rings. The third kappa shape index (κ3) is 5.41. The highest BCUT2D eigenvalue weighted by Crippen LogP contribution is 2.41. The minimum absolute atomic E-state index is 0.0160. The normalized spacial score (nSPS) is 24.9. The lowest BCUT2D eigenvalue weighted by molar-refractivity contribution is -0.140. The van der Waals surface area contributed by atoms with E-state index >= 15 is 0 Å². The number of carbonyl (C=O) groups excluding carboxylic acids is 1. The van der Waals surface area contributed by atoms with E-state index < -0.39 is 6.10 Å². The second kappa shape index (κ2) is 10.5. The topological polar surface area (TPSA) is 60.5 Å². The number of rotatable bonds is 10. The van der Waals surface area contributed by atoms with Crippen molar-refractivity contribution in [1.29, 1.82) is 0 Å². The first-order valence-corrected chi connectivity index (χ1v) is 11.9. The molecule has 2 aromatic carbocycles. The van der Waals surface area contributed by atoms with Crippen LogP contribution >= 0.6 is 11.8 Å². The Morgan fingerprint density at radius 3 is 2.65 bits per heavy atom. The molecule has 6 nitrogen and oxygen atoms in total.